The number of nitrogens with one attached hydrogen (secondary N) is 1. The van der Waals surface area contributed by atoms with E-state index in [2.05, 4.69) is 51.2 Å². The highest BCUT2D eigenvalue weighted by molar-refractivity contribution is 5.94. The van der Waals surface area contributed by atoms with E-state index in [0.29, 0.717) is 12.1 Å². The van der Waals surface area contributed by atoms with Crippen LogP contribution in [-0.2, 0) is 17.6 Å². The van der Waals surface area contributed by atoms with Crippen LogP contribution in [0.25, 0.3) is 0 Å². The first-order valence-corrected chi connectivity index (χ1v) is 7.56. The van der Waals surface area contributed by atoms with Crippen molar-refractivity contribution in [2.75, 3.05) is 4.90 Å². The minimum Gasteiger partial charge on any atom is -0.312 e. The van der Waals surface area contributed by atoms with Crippen molar-refractivity contribution >= 4 is 11.6 Å². The van der Waals surface area contributed by atoms with Crippen molar-refractivity contribution in [3.8, 4) is 0 Å². The summed E-state index contributed by atoms with van der Waals surface area (Å²) in [7, 11) is 0. The van der Waals surface area contributed by atoms with Crippen LogP contribution >= 0.6 is 0 Å². The van der Waals surface area contributed by atoms with E-state index >= 15 is 0 Å². The number of hydrogen-bond acceptors (Lipinski definition) is 2. The Kier molecular flexibility index (Phi) is 4.48. The highest BCUT2D eigenvalue weighted by Gasteiger charge is 2.28. The molecule has 1 aromatic rings. The summed E-state index contributed by atoms with van der Waals surface area (Å²) in [4.78, 5) is 13.6. The van der Waals surface area contributed by atoms with E-state index in [-0.39, 0.29) is 11.9 Å². The lowest BCUT2D eigenvalue weighted by Crippen LogP contribution is -2.34. The topological polar surface area (TPSA) is 32.3 Å². The van der Waals surface area contributed by atoms with Gasteiger partial charge in [0, 0.05) is 30.7 Å². The molecule has 1 aliphatic heterocycles. The van der Waals surface area contributed by atoms with Crippen LogP contribution in [0.3, 0.4) is 0 Å². The maximum absolute atomic E-state index is 11.7. The van der Waals surface area contributed by atoms with Crippen LogP contribution in [0.15, 0.2) is 18.2 Å². The van der Waals surface area contributed by atoms with Crippen LogP contribution in [0.1, 0.15) is 45.7 Å². The van der Waals surface area contributed by atoms with E-state index in [1.54, 1.807) is 6.92 Å². The highest BCUT2D eigenvalue weighted by atomic mass is 16.2. The Labute approximate surface area is 122 Å². The predicted octanol–water partition coefficient (Wildman–Crippen LogP) is 2.91. The van der Waals surface area contributed by atoms with E-state index in [0.717, 1.165) is 18.5 Å². The Bertz CT molecular complexity index is 496. The number of nitrogens with zero attached hydrogens (tertiary/aromatic N) is 1. The normalized spacial score (nSPS) is 19.3. The third-order valence-corrected chi connectivity index (χ3v) is 3.86. The number of fused-ring (bicyclic) bond motifs is 1. The molecule has 0 saturated carbocycles. The molecule has 1 amide bonds. The minimum atomic E-state index is 0.138. The van der Waals surface area contributed by atoms with E-state index < -0.39 is 0 Å². The Morgan fingerprint density at radius 3 is 2.70 bits per heavy atom. The van der Waals surface area contributed by atoms with Gasteiger partial charge in [-0.05, 0) is 43.9 Å². The summed E-state index contributed by atoms with van der Waals surface area (Å²) in [5.41, 5.74) is 3.75. The number of anilines is 1. The molecule has 0 bridgehead atoms. The van der Waals surface area contributed by atoms with E-state index in [1.165, 1.54) is 11.1 Å². The molecule has 1 aliphatic rings. The summed E-state index contributed by atoms with van der Waals surface area (Å²) in [6.45, 7) is 10.3. The summed E-state index contributed by atoms with van der Waals surface area (Å²) < 4.78 is 0. The molecule has 1 aromatic carbocycles. The molecule has 0 saturated heterocycles. The molecule has 0 fully saturated rings. The van der Waals surface area contributed by atoms with Crippen molar-refractivity contribution in [1.82, 2.24) is 5.32 Å². The molecule has 3 heteroatoms. The van der Waals surface area contributed by atoms with Crippen molar-refractivity contribution in [2.24, 2.45) is 0 Å². The average Bonchev–Trinajstić information content (AvgIpc) is 2.62. The monoisotopic (exact) mass is 274 g/mol. The van der Waals surface area contributed by atoms with Gasteiger partial charge >= 0.3 is 0 Å². The number of rotatable bonds is 4. The smallest absolute Gasteiger partial charge is 0.224 e. The molecule has 0 radical (unpaired) electrons. The molecule has 2 unspecified atom stereocenters. The Hall–Kier alpha value is -1.35. The highest BCUT2D eigenvalue weighted by Crippen LogP contribution is 2.33. The van der Waals surface area contributed by atoms with Gasteiger partial charge in [-0.3, -0.25) is 4.79 Å². The fourth-order valence-corrected chi connectivity index (χ4v) is 3.27. The fourth-order valence-electron chi connectivity index (χ4n) is 3.27. The van der Waals surface area contributed by atoms with Crippen LogP contribution < -0.4 is 10.2 Å². The van der Waals surface area contributed by atoms with Crippen molar-refractivity contribution in [1.29, 1.82) is 0 Å². The molecule has 1 N–H and O–H groups in total. The summed E-state index contributed by atoms with van der Waals surface area (Å²) in [6, 6.07) is 7.79. The molecule has 0 aliphatic carbocycles. The number of carbonyl (C=O) groups excluding carboxylic acids is 1. The molecule has 2 atom stereocenters. The third kappa shape index (κ3) is 3.21. The Morgan fingerprint density at radius 1 is 1.40 bits per heavy atom. The van der Waals surface area contributed by atoms with Crippen molar-refractivity contribution in [3.63, 3.8) is 0 Å². The van der Waals surface area contributed by atoms with Crippen LogP contribution in [0.2, 0.25) is 0 Å². The van der Waals surface area contributed by atoms with Crippen molar-refractivity contribution < 1.29 is 4.79 Å². The van der Waals surface area contributed by atoms with E-state index in [9.17, 15) is 4.79 Å². The van der Waals surface area contributed by atoms with Gasteiger partial charge in [-0.25, -0.2) is 0 Å². The number of hydrogen-bond donors (Lipinski definition) is 1. The molecule has 20 heavy (non-hydrogen) atoms. The average molecular weight is 274 g/mol. The maximum Gasteiger partial charge on any atom is 0.224 e. The summed E-state index contributed by atoms with van der Waals surface area (Å²) >= 11 is 0. The second-order valence-corrected chi connectivity index (χ2v) is 6.33. The molecule has 2 rings (SSSR count). The lowest BCUT2D eigenvalue weighted by Gasteiger charge is -2.21. The fraction of sp³-hybridized carbons (Fsp3) is 0.588. The van der Waals surface area contributed by atoms with Crippen molar-refractivity contribution in [3.05, 3.63) is 29.3 Å². The predicted molar refractivity (Wildman–Crippen MR) is 84.2 cm³/mol. The largest absolute Gasteiger partial charge is 0.312 e. The Balaban J connectivity index is 2.14. The first-order chi connectivity index (χ1) is 9.38. The molecule has 1 heterocycles. The maximum atomic E-state index is 11.7. The lowest BCUT2D eigenvalue weighted by atomic mass is 10.0. The van der Waals surface area contributed by atoms with Gasteiger partial charge in [0.05, 0.1) is 0 Å². The molecule has 0 aromatic heterocycles. The van der Waals surface area contributed by atoms with Crippen LogP contribution in [0.4, 0.5) is 5.69 Å². The van der Waals surface area contributed by atoms with Gasteiger partial charge in [-0.1, -0.05) is 26.0 Å². The van der Waals surface area contributed by atoms with Gasteiger partial charge < -0.3 is 10.2 Å². The first kappa shape index (κ1) is 15.0. The number of amides is 1. The molecule has 3 nitrogen and oxygen atoms in total. The van der Waals surface area contributed by atoms with Crippen molar-refractivity contribution in [2.45, 2.75) is 65.6 Å². The summed E-state index contributed by atoms with van der Waals surface area (Å²) in [6.07, 6.45) is 1.99. The van der Waals surface area contributed by atoms with Gasteiger partial charge in [0.1, 0.15) is 0 Å². The molecule has 110 valence electrons. The zero-order chi connectivity index (χ0) is 14.9. The zero-order valence-corrected chi connectivity index (χ0v) is 13.2. The number of benzene rings is 1. The number of carbonyl (C=O) groups is 1. The molecular weight excluding hydrogens is 248 g/mol. The van der Waals surface area contributed by atoms with E-state index in [1.807, 2.05) is 4.90 Å². The van der Waals surface area contributed by atoms with E-state index in [4.69, 9.17) is 0 Å². The minimum absolute atomic E-state index is 0.138. The van der Waals surface area contributed by atoms with Crippen LogP contribution in [0, 0.1) is 0 Å². The SMILES string of the molecule is CC(=O)N1c2ccc(CC(C)NC(C)C)cc2CC1C. The van der Waals surface area contributed by atoms with Crippen LogP contribution in [-0.4, -0.2) is 24.0 Å². The van der Waals surface area contributed by atoms with Gasteiger partial charge in [-0.2, -0.15) is 0 Å². The summed E-state index contributed by atoms with van der Waals surface area (Å²) in [5.74, 6) is 0.138. The zero-order valence-electron chi connectivity index (χ0n) is 13.2. The first-order valence-electron chi connectivity index (χ1n) is 7.56. The second-order valence-electron chi connectivity index (χ2n) is 6.33. The standard InChI is InChI=1S/C17H26N2O/c1-11(2)18-12(3)8-15-6-7-17-16(10-15)9-13(4)19(17)14(5)20/h6-7,10-13,18H,8-9H2,1-5H3. The van der Waals surface area contributed by atoms with Gasteiger partial charge in [0.2, 0.25) is 5.91 Å². The quantitative estimate of drug-likeness (QED) is 0.915. The van der Waals surface area contributed by atoms with Gasteiger partial charge in [-0.15, -0.1) is 0 Å². The van der Waals surface area contributed by atoms with Crippen LogP contribution in [0.5, 0.6) is 0 Å². The lowest BCUT2D eigenvalue weighted by molar-refractivity contribution is -0.116. The van der Waals surface area contributed by atoms with Gasteiger partial charge in [0.25, 0.3) is 0 Å². The third-order valence-electron chi connectivity index (χ3n) is 3.86. The molecular formula is C17H26N2O. The second kappa shape index (κ2) is 5.96. The summed E-state index contributed by atoms with van der Waals surface area (Å²) in [5, 5.41) is 3.53. The Morgan fingerprint density at radius 2 is 2.10 bits per heavy atom. The molecule has 0 spiro atoms. The van der Waals surface area contributed by atoms with Gasteiger partial charge in [0.15, 0.2) is 0 Å².